The van der Waals surface area contributed by atoms with Gasteiger partial charge in [-0.15, -0.1) is 0 Å². The molecule has 0 saturated carbocycles. The van der Waals surface area contributed by atoms with Gasteiger partial charge in [-0.05, 0) is 35.4 Å². The van der Waals surface area contributed by atoms with Crippen LogP contribution in [0.25, 0.3) is 11.1 Å². The molecule has 20 heavy (non-hydrogen) atoms. The zero-order valence-corrected chi connectivity index (χ0v) is 10.5. The Hall–Kier alpha value is -2.01. The van der Waals surface area contributed by atoms with Gasteiger partial charge in [0.25, 0.3) is 0 Å². The second kappa shape index (κ2) is 5.96. The molecule has 0 saturated heterocycles. The van der Waals surface area contributed by atoms with Crippen molar-refractivity contribution in [2.24, 2.45) is 0 Å². The van der Waals surface area contributed by atoms with Gasteiger partial charge < -0.3 is 9.84 Å². The van der Waals surface area contributed by atoms with Gasteiger partial charge in [0.05, 0.1) is 12.2 Å². The number of hydrogen-bond donors (Lipinski definition) is 1. The summed E-state index contributed by atoms with van der Waals surface area (Å²) >= 11 is 0. The molecule has 1 N–H and O–H groups in total. The fourth-order valence-electron chi connectivity index (χ4n) is 1.76. The summed E-state index contributed by atoms with van der Waals surface area (Å²) in [6, 6.07) is 11.9. The molecule has 0 aliphatic rings. The highest BCUT2D eigenvalue weighted by atomic mass is 19.4. The van der Waals surface area contributed by atoms with Crippen LogP contribution in [0.5, 0.6) is 5.75 Å². The van der Waals surface area contributed by atoms with Crippen molar-refractivity contribution in [2.45, 2.75) is 6.18 Å². The first-order chi connectivity index (χ1) is 9.50. The fraction of sp³-hybridized carbons (Fsp3) is 0.200. The average molecular weight is 282 g/mol. The topological polar surface area (TPSA) is 29.5 Å². The van der Waals surface area contributed by atoms with Gasteiger partial charge in [-0.3, -0.25) is 0 Å². The highest BCUT2D eigenvalue weighted by Gasteiger charge is 2.29. The first-order valence-electron chi connectivity index (χ1n) is 6.02. The Morgan fingerprint density at radius 2 is 1.35 bits per heavy atom. The first kappa shape index (κ1) is 14.4. The van der Waals surface area contributed by atoms with E-state index in [9.17, 15) is 13.2 Å². The highest BCUT2D eigenvalue weighted by molar-refractivity contribution is 5.64. The van der Waals surface area contributed by atoms with E-state index in [0.717, 1.165) is 17.7 Å². The predicted molar refractivity (Wildman–Crippen MR) is 69.5 cm³/mol. The molecule has 2 nitrogen and oxygen atoms in total. The number of benzene rings is 2. The van der Waals surface area contributed by atoms with E-state index >= 15 is 0 Å². The van der Waals surface area contributed by atoms with Gasteiger partial charge in [-0.2, -0.15) is 13.2 Å². The predicted octanol–water partition coefficient (Wildman–Crippen LogP) is 3.74. The molecule has 106 valence electrons. The van der Waals surface area contributed by atoms with E-state index in [1.165, 1.54) is 12.1 Å². The molecule has 0 amide bonds. The van der Waals surface area contributed by atoms with Crippen LogP contribution < -0.4 is 4.74 Å². The molecule has 0 atom stereocenters. The number of alkyl halides is 3. The maximum absolute atomic E-state index is 12.5. The molecule has 0 heterocycles. The third kappa shape index (κ3) is 3.51. The number of halogens is 3. The summed E-state index contributed by atoms with van der Waals surface area (Å²) in [6.07, 6.45) is -4.32. The zero-order valence-electron chi connectivity index (χ0n) is 10.5. The van der Waals surface area contributed by atoms with Crippen molar-refractivity contribution in [3.63, 3.8) is 0 Å². The SMILES string of the molecule is OCCOc1ccc(-c2ccc(C(F)(F)F)cc2)cc1. The third-order valence-corrected chi connectivity index (χ3v) is 2.76. The highest BCUT2D eigenvalue weighted by Crippen LogP contribution is 2.31. The van der Waals surface area contributed by atoms with E-state index in [1.54, 1.807) is 24.3 Å². The lowest BCUT2D eigenvalue weighted by Gasteiger charge is -2.08. The summed E-state index contributed by atoms with van der Waals surface area (Å²) in [5.41, 5.74) is 0.839. The van der Waals surface area contributed by atoms with E-state index < -0.39 is 11.7 Å². The van der Waals surface area contributed by atoms with Crippen molar-refractivity contribution < 1.29 is 23.0 Å². The fourth-order valence-corrected chi connectivity index (χ4v) is 1.76. The number of aliphatic hydroxyl groups excluding tert-OH is 1. The van der Waals surface area contributed by atoms with E-state index in [4.69, 9.17) is 9.84 Å². The Labute approximate surface area is 114 Å². The lowest BCUT2D eigenvalue weighted by Crippen LogP contribution is -2.04. The largest absolute Gasteiger partial charge is 0.491 e. The van der Waals surface area contributed by atoms with Crippen LogP contribution in [-0.2, 0) is 6.18 Å². The summed E-state index contributed by atoms with van der Waals surface area (Å²) in [5.74, 6) is 0.606. The third-order valence-electron chi connectivity index (χ3n) is 2.76. The van der Waals surface area contributed by atoms with Gasteiger partial charge in [0.15, 0.2) is 0 Å². The minimum absolute atomic E-state index is 0.0688. The van der Waals surface area contributed by atoms with Gasteiger partial charge in [0.2, 0.25) is 0 Å². The minimum atomic E-state index is -4.32. The lowest BCUT2D eigenvalue weighted by molar-refractivity contribution is -0.137. The zero-order chi connectivity index (χ0) is 14.6. The van der Waals surface area contributed by atoms with E-state index in [2.05, 4.69) is 0 Å². The number of rotatable bonds is 4. The van der Waals surface area contributed by atoms with Gasteiger partial charge in [-0.1, -0.05) is 24.3 Å². The summed E-state index contributed by atoms with van der Waals surface area (Å²) < 4.78 is 42.6. The smallest absolute Gasteiger partial charge is 0.416 e. The number of ether oxygens (including phenoxy) is 1. The van der Waals surface area contributed by atoms with Crippen molar-refractivity contribution >= 4 is 0 Å². The summed E-state index contributed by atoms with van der Waals surface area (Å²) in [5, 5.41) is 8.63. The Balaban J connectivity index is 2.15. The van der Waals surface area contributed by atoms with Gasteiger partial charge >= 0.3 is 6.18 Å². The van der Waals surface area contributed by atoms with Gasteiger partial charge in [0.1, 0.15) is 12.4 Å². The van der Waals surface area contributed by atoms with Crippen LogP contribution in [-0.4, -0.2) is 18.3 Å². The molecule has 5 heteroatoms. The second-order valence-corrected chi connectivity index (χ2v) is 4.17. The number of hydrogen-bond acceptors (Lipinski definition) is 2. The van der Waals surface area contributed by atoms with Crippen LogP contribution in [0.15, 0.2) is 48.5 Å². The monoisotopic (exact) mass is 282 g/mol. The molecule has 2 aromatic carbocycles. The van der Waals surface area contributed by atoms with Crippen LogP contribution in [0.1, 0.15) is 5.56 Å². The molecular weight excluding hydrogens is 269 g/mol. The Morgan fingerprint density at radius 3 is 1.80 bits per heavy atom. The first-order valence-corrected chi connectivity index (χ1v) is 6.02. The van der Waals surface area contributed by atoms with Crippen molar-refractivity contribution in [3.05, 3.63) is 54.1 Å². The standard InChI is InChI=1S/C15H13F3O2/c16-15(17,18)13-5-1-11(2-6-13)12-3-7-14(8-4-12)20-10-9-19/h1-8,19H,9-10H2. The minimum Gasteiger partial charge on any atom is -0.491 e. The molecule has 0 aliphatic heterocycles. The Bertz CT molecular complexity index is 545. The van der Waals surface area contributed by atoms with Crippen LogP contribution in [0, 0.1) is 0 Å². The van der Waals surface area contributed by atoms with Crippen LogP contribution in [0.4, 0.5) is 13.2 Å². The lowest BCUT2D eigenvalue weighted by atomic mass is 10.0. The van der Waals surface area contributed by atoms with E-state index in [-0.39, 0.29) is 13.2 Å². The van der Waals surface area contributed by atoms with E-state index in [0.29, 0.717) is 11.3 Å². The molecule has 0 aliphatic carbocycles. The second-order valence-electron chi connectivity index (χ2n) is 4.17. The van der Waals surface area contributed by atoms with E-state index in [1.807, 2.05) is 0 Å². The summed E-state index contributed by atoms with van der Waals surface area (Å²) in [6.45, 7) is 0.139. The van der Waals surface area contributed by atoms with Gasteiger partial charge in [0, 0.05) is 0 Å². The van der Waals surface area contributed by atoms with Gasteiger partial charge in [-0.25, -0.2) is 0 Å². The molecular formula is C15H13F3O2. The van der Waals surface area contributed by atoms with Crippen molar-refractivity contribution in [1.82, 2.24) is 0 Å². The molecule has 0 fully saturated rings. The Kier molecular flexibility index (Phi) is 4.29. The van der Waals surface area contributed by atoms with Crippen LogP contribution >= 0.6 is 0 Å². The molecule has 2 rings (SSSR count). The summed E-state index contributed by atoms with van der Waals surface area (Å²) in [7, 11) is 0. The normalized spacial score (nSPS) is 11.4. The molecule has 2 aromatic rings. The average Bonchev–Trinajstić information content (AvgIpc) is 2.45. The quantitative estimate of drug-likeness (QED) is 0.925. The number of aliphatic hydroxyl groups is 1. The maximum atomic E-state index is 12.5. The Morgan fingerprint density at radius 1 is 0.850 bits per heavy atom. The van der Waals surface area contributed by atoms with Crippen molar-refractivity contribution in [3.8, 4) is 16.9 Å². The molecule has 0 radical (unpaired) electrons. The maximum Gasteiger partial charge on any atom is 0.416 e. The van der Waals surface area contributed by atoms with Crippen molar-refractivity contribution in [1.29, 1.82) is 0 Å². The molecule has 0 spiro atoms. The summed E-state index contributed by atoms with van der Waals surface area (Å²) in [4.78, 5) is 0. The molecule has 0 unspecified atom stereocenters. The van der Waals surface area contributed by atoms with Crippen LogP contribution in [0.3, 0.4) is 0 Å². The molecule has 0 aromatic heterocycles. The van der Waals surface area contributed by atoms with Crippen LogP contribution in [0.2, 0.25) is 0 Å². The van der Waals surface area contributed by atoms with Crippen molar-refractivity contribution in [2.75, 3.05) is 13.2 Å². The molecule has 0 bridgehead atoms.